The minimum absolute atomic E-state index is 0.477. The molecule has 0 heterocycles. The van der Waals surface area contributed by atoms with E-state index in [-0.39, 0.29) is 0 Å². The third-order valence-corrected chi connectivity index (χ3v) is 1.65. The molecule has 74 valence electrons. The van der Waals surface area contributed by atoms with Crippen molar-refractivity contribution in [2.24, 2.45) is 5.92 Å². The van der Waals surface area contributed by atoms with E-state index in [2.05, 4.69) is 19.2 Å². The maximum Gasteiger partial charge on any atom is 0.181 e. The highest BCUT2D eigenvalue weighted by molar-refractivity contribution is 5.58. The maximum atomic E-state index is 8.50. The largest absolute Gasteiger partial charge is 0.491 e. The van der Waals surface area contributed by atoms with Crippen LogP contribution < -0.4 is 10.1 Å². The topological polar surface area (TPSA) is 45.0 Å². The van der Waals surface area contributed by atoms with Gasteiger partial charge in [0.15, 0.2) is 6.19 Å². The lowest BCUT2D eigenvalue weighted by Crippen LogP contribution is -2.05. The van der Waals surface area contributed by atoms with Crippen molar-refractivity contribution >= 4 is 5.69 Å². The third-order valence-electron chi connectivity index (χ3n) is 1.65. The van der Waals surface area contributed by atoms with Crippen molar-refractivity contribution in [2.45, 2.75) is 13.8 Å². The van der Waals surface area contributed by atoms with Crippen molar-refractivity contribution in [2.75, 3.05) is 11.9 Å². The van der Waals surface area contributed by atoms with Crippen LogP contribution in [-0.2, 0) is 0 Å². The molecular formula is C11H14N2O. The van der Waals surface area contributed by atoms with Gasteiger partial charge in [0.05, 0.1) is 12.3 Å². The van der Waals surface area contributed by atoms with E-state index in [4.69, 9.17) is 10.00 Å². The highest BCUT2D eigenvalue weighted by atomic mass is 16.5. The molecule has 0 amide bonds. The van der Waals surface area contributed by atoms with Crippen molar-refractivity contribution in [3.05, 3.63) is 24.3 Å². The van der Waals surface area contributed by atoms with Crippen LogP contribution in [0.5, 0.6) is 5.75 Å². The van der Waals surface area contributed by atoms with Crippen LogP contribution in [0.1, 0.15) is 13.8 Å². The highest BCUT2D eigenvalue weighted by Gasteiger charge is 2.02. The SMILES string of the molecule is CC(C)COc1ccccc1NC#N. The van der Waals surface area contributed by atoms with Crippen molar-refractivity contribution in [1.29, 1.82) is 5.26 Å². The smallest absolute Gasteiger partial charge is 0.181 e. The molecule has 0 aliphatic rings. The molecule has 3 heteroatoms. The second kappa shape index (κ2) is 5.13. The van der Waals surface area contributed by atoms with Crippen LogP contribution in [0, 0.1) is 17.4 Å². The fraction of sp³-hybridized carbons (Fsp3) is 0.364. The fourth-order valence-corrected chi connectivity index (χ4v) is 1.01. The Balaban J connectivity index is 2.70. The summed E-state index contributed by atoms with van der Waals surface area (Å²) in [7, 11) is 0. The summed E-state index contributed by atoms with van der Waals surface area (Å²) in [5, 5.41) is 11.1. The van der Waals surface area contributed by atoms with Gasteiger partial charge in [0.25, 0.3) is 0 Å². The monoisotopic (exact) mass is 190 g/mol. The van der Waals surface area contributed by atoms with Crippen LogP contribution in [0.2, 0.25) is 0 Å². The second-order valence-corrected chi connectivity index (χ2v) is 3.44. The number of ether oxygens (including phenoxy) is 1. The number of rotatable bonds is 4. The van der Waals surface area contributed by atoms with Crippen LogP contribution >= 0.6 is 0 Å². The first-order valence-electron chi connectivity index (χ1n) is 4.61. The van der Waals surface area contributed by atoms with Crippen LogP contribution in [0.15, 0.2) is 24.3 Å². The van der Waals surface area contributed by atoms with Gasteiger partial charge in [-0.25, -0.2) is 0 Å². The Hall–Kier alpha value is -1.69. The van der Waals surface area contributed by atoms with Gasteiger partial charge >= 0.3 is 0 Å². The molecule has 0 radical (unpaired) electrons. The molecule has 1 aromatic rings. The lowest BCUT2D eigenvalue weighted by Gasteiger charge is -2.11. The number of nitrogens with zero attached hydrogens (tertiary/aromatic N) is 1. The quantitative estimate of drug-likeness (QED) is 0.586. The lowest BCUT2D eigenvalue weighted by molar-refractivity contribution is 0.272. The molecule has 0 atom stereocenters. The van der Waals surface area contributed by atoms with Crippen molar-refractivity contribution in [3.8, 4) is 11.9 Å². The van der Waals surface area contributed by atoms with Gasteiger partial charge < -0.3 is 4.74 Å². The minimum Gasteiger partial charge on any atom is -0.491 e. The molecule has 0 saturated heterocycles. The van der Waals surface area contributed by atoms with Gasteiger partial charge in [0.1, 0.15) is 5.75 Å². The Morgan fingerprint density at radius 3 is 2.79 bits per heavy atom. The van der Waals surface area contributed by atoms with Crippen molar-refractivity contribution in [3.63, 3.8) is 0 Å². The van der Waals surface area contributed by atoms with Gasteiger partial charge in [-0.2, -0.15) is 5.26 Å². The second-order valence-electron chi connectivity index (χ2n) is 3.44. The molecule has 0 aliphatic carbocycles. The predicted octanol–water partition coefficient (Wildman–Crippen LogP) is 2.61. The zero-order valence-corrected chi connectivity index (χ0v) is 8.45. The van der Waals surface area contributed by atoms with Gasteiger partial charge in [-0.1, -0.05) is 26.0 Å². The number of nitriles is 1. The number of benzene rings is 1. The van der Waals surface area contributed by atoms with Gasteiger partial charge in [-0.05, 0) is 18.1 Å². The number of hydrogen-bond donors (Lipinski definition) is 1. The van der Waals surface area contributed by atoms with Crippen molar-refractivity contribution < 1.29 is 4.74 Å². The van der Waals surface area contributed by atoms with E-state index in [1.54, 1.807) is 0 Å². The summed E-state index contributed by atoms with van der Waals surface area (Å²) < 4.78 is 5.54. The Labute approximate surface area is 84.3 Å². The van der Waals surface area contributed by atoms with Gasteiger partial charge in [0.2, 0.25) is 0 Å². The summed E-state index contributed by atoms with van der Waals surface area (Å²) in [6.45, 7) is 4.82. The molecule has 0 spiro atoms. The zero-order chi connectivity index (χ0) is 10.4. The van der Waals surface area contributed by atoms with E-state index in [1.165, 1.54) is 0 Å². The number of hydrogen-bond acceptors (Lipinski definition) is 3. The van der Waals surface area contributed by atoms with E-state index in [9.17, 15) is 0 Å². The molecule has 1 rings (SSSR count). The average molecular weight is 190 g/mol. The number of nitrogens with one attached hydrogen (secondary N) is 1. The Morgan fingerprint density at radius 1 is 1.43 bits per heavy atom. The summed E-state index contributed by atoms with van der Waals surface area (Å²) in [4.78, 5) is 0. The molecule has 0 bridgehead atoms. The van der Waals surface area contributed by atoms with Crippen LogP contribution in [-0.4, -0.2) is 6.61 Å². The molecular weight excluding hydrogens is 176 g/mol. The molecule has 0 aromatic heterocycles. The average Bonchev–Trinajstić information content (AvgIpc) is 2.17. The molecule has 0 unspecified atom stereocenters. The van der Waals surface area contributed by atoms with Gasteiger partial charge in [-0.15, -0.1) is 0 Å². The van der Waals surface area contributed by atoms with Gasteiger partial charge in [0, 0.05) is 0 Å². The van der Waals surface area contributed by atoms with E-state index in [0.717, 1.165) is 11.4 Å². The molecule has 3 nitrogen and oxygen atoms in total. The van der Waals surface area contributed by atoms with E-state index < -0.39 is 0 Å². The Morgan fingerprint density at radius 2 is 2.14 bits per heavy atom. The molecule has 0 aliphatic heterocycles. The molecule has 1 aromatic carbocycles. The maximum absolute atomic E-state index is 8.50. The molecule has 1 N–H and O–H groups in total. The molecule has 0 fully saturated rings. The first kappa shape index (κ1) is 10.4. The van der Waals surface area contributed by atoms with E-state index >= 15 is 0 Å². The first-order chi connectivity index (χ1) is 6.74. The zero-order valence-electron chi connectivity index (χ0n) is 8.45. The van der Waals surface area contributed by atoms with E-state index in [0.29, 0.717) is 12.5 Å². The molecule has 0 saturated carbocycles. The third kappa shape index (κ3) is 2.98. The summed E-state index contributed by atoms with van der Waals surface area (Å²) in [5.41, 5.74) is 0.718. The van der Waals surface area contributed by atoms with Crippen LogP contribution in [0.25, 0.3) is 0 Å². The number of anilines is 1. The standard InChI is InChI=1S/C11H14N2O/c1-9(2)7-14-11-6-4-3-5-10(11)13-8-12/h3-6,9,13H,7H2,1-2H3. The highest BCUT2D eigenvalue weighted by Crippen LogP contribution is 2.23. The van der Waals surface area contributed by atoms with Crippen molar-refractivity contribution in [1.82, 2.24) is 0 Å². The Kier molecular flexibility index (Phi) is 3.81. The minimum atomic E-state index is 0.477. The van der Waals surface area contributed by atoms with E-state index in [1.807, 2.05) is 30.5 Å². The Bertz CT molecular complexity index is 328. The van der Waals surface area contributed by atoms with Gasteiger partial charge in [-0.3, -0.25) is 5.32 Å². The molecule has 14 heavy (non-hydrogen) atoms. The fourth-order valence-electron chi connectivity index (χ4n) is 1.01. The summed E-state index contributed by atoms with van der Waals surface area (Å²) in [6, 6.07) is 7.42. The normalized spacial score (nSPS) is 9.57. The number of para-hydroxylation sites is 2. The first-order valence-corrected chi connectivity index (χ1v) is 4.61. The summed E-state index contributed by atoms with van der Waals surface area (Å²) in [6.07, 6.45) is 1.88. The van der Waals surface area contributed by atoms with Crippen LogP contribution in [0.3, 0.4) is 0 Å². The summed E-state index contributed by atoms with van der Waals surface area (Å²) in [5.74, 6) is 1.20. The summed E-state index contributed by atoms with van der Waals surface area (Å²) >= 11 is 0. The van der Waals surface area contributed by atoms with Crippen LogP contribution in [0.4, 0.5) is 5.69 Å². The predicted molar refractivity (Wildman–Crippen MR) is 56.0 cm³/mol. The lowest BCUT2D eigenvalue weighted by atomic mass is 10.2.